The number of hydrogen-bond acceptors (Lipinski definition) is 9. The molecule has 3 aromatic rings. The van der Waals surface area contributed by atoms with Crippen LogP contribution < -0.4 is 15.8 Å². The predicted octanol–water partition coefficient (Wildman–Crippen LogP) is 4.31. The number of ether oxygens (including phenoxy) is 2. The van der Waals surface area contributed by atoms with Crippen molar-refractivity contribution < 1.29 is 14.3 Å². The number of anilines is 2. The van der Waals surface area contributed by atoms with Gasteiger partial charge in [-0.2, -0.15) is 11.8 Å². The maximum atomic E-state index is 11.9. The van der Waals surface area contributed by atoms with E-state index >= 15 is 0 Å². The van der Waals surface area contributed by atoms with Gasteiger partial charge in [-0.25, -0.2) is 19.7 Å². The molecule has 0 amide bonds. The van der Waals surface area contributed by atoms with Crippen molar-refractivity contribution in [3.8, 4) is 5.88 Å². The van der Waals surface area contributed by atoms with Crippen molar-refractivity contribution in [2.24, 2.45) is 5.73 Å². The Balaban J connectivity index is 1.24. The van der Waals surface area contributed by atoms with Crippen LogP contribution in [0.4, 0.5) is 11.6 Å². The van der Waals surface area contributed by atoms with E-state index in [1.165, 1.54) is 12.8 Å². The molecule has 1 unspecified atom stereocenters. The predicted molar refractivity (Wildman–Crippen MR) is 132 cm³/mol. The molecule has 0 bridgehead atoms. The number of nitrogens with two attached hydrogens (primary N) is 1. The van der Waals surface area contributed by atoms with Crippen molar-refractivity contribution in [1.82, 2.24) is 15.0 Å². The summed E-state index contributed by atoms with van der Waals surface area (Å²) in [6.07, 6.45) is 9.29. The Bertz CT molecular complexity index is 1260. The third-order valence-electron chi connectivity index (χ3n) is 6.52. The number of rotatable bonds is 7. The van der Waals surface area contributed by atoms with Crippen LogP contribution in [0, 0.1) is 0 Å². The Morgan fingerprint density at radius 3 is 2.79 bits per heavy atom. The molecule has 4 heterocycles. The fourth-order valence-corrected chi connectivity index (χ4v) is 6.02. The summed E-state index contributed by atoms with van der Waals surface area (Å²) in [5, 5.41) is 6.68. The third kappa shape index (κ3) is 4.30. The second kappa shape index (κ2) is 8.70. The van der Waals surface area contributed by atoms with Crippen LogP contribution in [0.3, 0.4) is 0 Å². The fraction of sp³-hybridized carbons (Fsp3) is 0.440. The highest BCUT2D eigenvalue weighted by Crippen LogP contribution is 2.45. The van der Waals surface area contributed by atoms with Gasteiger partial charge < -0.3 is 20.5 Å². The maximum Gasteiger partial charge on any atom is 0.340 e. The Morgan fingerprint density at radius 2 is 2.00 bits per heavy atom. The van der Waals surface area contributed by atoms with E-state index in [2.05, 4.69) is 32.0 Å². The molecular formula is C25H27N5O3S. The van der Waals surface area contributed by atoms with Crippen LogP contribution in [0.25, 0.3) is 10.8 Å². The van der Waals surface area contributed by atoms with Gasteiger partial charge in [0.15, 0.2) is 0 Å². The van der Waals surface area contributed by atoms with Crippen molar-refractivity contribution in [3.05, 3.63) is 47.4 Å². The SMILES string of the molecule is CC(N)c1cnc(OC2CC(SC3CC3)C2)c2cnc(Nc3ccc4c(n3)CCOC4=O)cc12. The molecule has 2 saturated carbocycles. The fourth-order valence-electron chi connectivity index (χ4n) is 4.41. The summed E-state index contributed by atoms with van der Waals surface area (Å²) >= 11 is 2.12. The molecule has 176 valence electrons. The quantitative estimate of drug-likeness (QED) is 0.481. The van der Waals surface area contributed by atoms with E-state index in [1.54, 1.807) is 18.3 Å². The van der Waals surface area contributed by atoms with Crippen LogP contribution in [0.1, 0.15) is 60.3 Å². The number of carbonyl (C=O) groups excluding carboxylic acids is 1. The van der Waals surface area contributed by atoms with Gasteiger partial charge in [0, 0.05) is 35.4 Å². The van der Waals surface area contributed by atoms with Gasteiger partial charge in [-0.05, 0) is 61.8 Å². The van der Waals surface area contributed by atoms with Crippen LogP contribution in [0.2, 0.25) is 0 Å². The van der Waals surface area contributed by atoms with E-state index in [4.69, 9.17) is 15.2 Å². The second-order valence-corrected chi connectivity index (χ2v) is 10.9. The van der Waals surface area contributed by atoms with Gasteiger partial charge in [0.1, 0.15) is 17.7 Å². The number of cyclic esters (lactones) is 1. The lowest BCUT2D eigenvalue weighted by atomic mass is 9.95. The summed E-state index contributed by atoms with van der Waals surface area (Å²) in [5.41, 5.74) is 8.44. The number of pyridine rings is 3. The number of esters is 1. The third-order valence-corrected chi connectivity index (χ3v) is 8.14. The maximum absolute atomic E-state index is 11.9. The first kappa shape index (κ1) is 21.6. The van der Waals surface area contributed by atoms with Crippen molar-refractivity contribution in [1.29, 1.82) is 0 Å². The minimum Gasteiger partial charge on any atom is -0.474 e. The highest BCUT2D eigenvalue weighted by molar-refractivity contribution is 8.00. The Morgan fingerprint density at radius 1 is 1.15 bits per heavy atom. The molecule has 9 heteroatoms. The molecule has 3 aliphatic rings. The van der Waals surface area contributed by atoms with Gasteiger partial charge in [0.2, 0.25) is 5.88 Å². The van der Waals surface area contributed by atoms with Gasteiger partial charge in [-0.15, -0.1) is 0 Å². The van der Waals surface area contributed by atoms with E-state index < -0.39 is 0 Å². The number of nitrogens with zero attached hydrogens (tertiary/aromatic N) is 3. The van der Waals surface area contributed by atoms with Gasteiger partial charge in [-0.1, -0.05) is 0 Å². The zero-order valence-electron chi connectivity index (χ0n) is 19.0. The lowest BCUT2D eigenvalue weighted by Crippen LogP contribution is -2.36. The highest BCUT2D eigenvalue weighted by atomic mass is 32.2. The van der Waals surface area contributed by atoms with E-state index in [0.717, 1.165) is 40.1 Å². The molecular weight excluding hydrogens is 450 g/mol. The van der Waals surface area contributed by atoms with Gasteiger partial charge in [0.05, 0.1) is 23.3 Å². The minimum atomic E-state index is -0.324. The van der Waals surface area contributed by atoms with Crippen LogP contribution in [0.5, 0.6) is 5.88 Å². The summed E-state index contributed by atoms with van der Waals surface area (Å²) in [7, 11) is 0. The first-order valence-electron chi connectivity index (χ1n) is 11.8. The van der Waals surface area contributed by atoms with Gasteiger partial charge >= 0.3 is 5.97 Å². The summed E-state index contributed by atoms with van der Waals surface area (Å²) in [5.74, 6) is 1.56. The van der Waals surface area contributed by atoms with Crippen molar-refractivity contribution >= 4 is 40.1 Å². The molecule has 1 aliphatic heterocycles. The number of nitrogens with one attached hydrogen (secondary N) is 1. The van der Waals surface area contributed by atoms with E-state index in [0.29, 0.717) is 41.4 Å². The molecule has 6 rings (SSSR count). The molecule has 2 aliphatic carbocycles. The molecule has 3 N–H and O–H groups in total. The van der Waals surface area contributed by atoms with Crippen LogP contribution in [-0.2, 0) is 11.2 Å². The lowest BCUT2D eigenvalue weighted by molar-refractivity contribution is 0.0477. The van der Waals surface area contributed by atoms with E-state index in [1.807, 2.05) is 19.2 Å². The number of thioether (sulfide) groups is 1. The number of carbonyl (C=O) groups is 1. The molecule has 3 aromatic heterocycles. The zero-order chi connectivity index (χ0) is 23.2. The monoisotopic (exact) mass is 477 g/mol. The second-order valence-electron chi connectivity index (χ2n) is 9.29. The van der Waals surface area contributed by atoms with Gasteiger partial charge in [-0.3, -0.25) is 0 Å². The molecule has 8 nitrogen and oxygen atoms in total. The first-order chi connectivity index (χ1) is 16.5. The van der Waals surface area contributed by atoms with Crippen LogP contribution >= 0.6 is 11.8 Å². The Kier molecular flexibility index (Phi) is 5.53. The van der Waals surface area contributed by atoms with E-state index in [-0.39, 0.29) is 18.1 Å². The number of aromatic nitrogens is 3. The molecule has 0 saturated heterocycles. The number of fused-ring (bicyclic) bond motifs is 2. The number of hydrogen-bond donors (Lipinski definition) is 2. The average molecular weight is 478 g/mol. The standard InChI is InChI=1S/C25H27N5O3S/c1-13(26)19-11-28-24(33-14-8-16(9-14)34-15-2-3-15)20-12-27-23(10-18(19)20)30-22-5-4-17-21(29-22)6-7-32-25(17)31/h4-5,10-16H,2-3,6-9,26H2,1H3,(H,27,29,30). The largest absolute Gasteiger partial charge is 0.474 e. The lowest BCUT2D eigenvalue weighted by Gasteiger charge is -2.34. The first-order valence-corrected chi connectivity index (χ1v) is 12.8. The zero-order valence-corrected chi connectivity index (χ0v) is 19.8. The van der Waals surface area contributed by atoms with Crippen LogP contribution in [-0.4, -0.2) is 44.1 Å². The summed E-state index contributed by atoms with van der Waals surface area (Å²) in [6, 6.07) is 5.28. The van der Waals surface area contributed by atoms with Crippen molar-refractivity contribution in [3.63, 3.8) is 0 Å². The average Bonchev–Trinajstić information content (AvgIpc) is 3.61. The van der Waals surface area contributed by atoms with Crippen molar-refractivity contribution in [2.75, 3.05) is 11.9 Å². The highest BCUT2D eigenvalue weighted by Gasteiger charge is 2.36. The molecule has 2 fully saturated rings. The summed E-state index contributed by atoms with van der Waals surface area (Å²) in [6.45, 7) is 2.30. The van der Waals surface area contributed by atoms with Crippen LogP contribution in [0.15, 0.2) is 30.6 Å². The molecule has 0 spiro atoms. The minimum absolute atomic E-state index is 0.185. The Hall–Kier alpha value is -2.91. The normalized spacial score (nSPS) is 22.5. The molecule has 34 heavy (non-hydrogen) atoms. The Labute approximate surface area is 202 Å². The van der Waals surface area contributed by atoms with Crippen molar-refractivity contribution in [2.45, 2.75) is 61.7 Å². The summed E-state index contributed by atoms with van der Waals surface area (Å²) in [4.78, 5) is 25.7. The summed E-state index contributed by atoms with van der Waals surface area (Å²) < 4.78 is 11.4. The smallest absolute Gasteiger partial charge is 0.340 e. The topological polar surface area (TPSA) is 112 Å². The van der Waals surface area contributed by atoms with Gasteiger partial charge in [0.25, 0.3) is 0 Å². The molecule has 0 radical (unpaired) electrons. The molecule has 0 aromatic carbocycles. The van der Waals surface area contributed by atoms with E-state index in [9.17, 15) is 4.79 Å². The molecule has 1 atom stereocenters.